The first-order valence-electron chi connectivity index (χ1n) is 5.84. The molecule has 1 atom stereocenters. The molecule has 2 heterocycles. The van der Waals surface area contributed by atoms with Crippen LogP contribution in [0.2, 0.25) is 0 Å². The monoisotopic (exact) mass is 224 g/mol. The van der Waals surface area contributed by atoms with Crippen molar-refractivity contribution in [1.82, 2.24) is 30.4 Å². The Labute approximate surface area is 96.0 Å². The minimum absolute atomic E-state index is 0.574. The molecule has 0 aromatic carbocycles. The Hall–Kier alpha value is -1.01. The number of aromatic nitrogens is 4. The van der Waals surface area contributed by atoms with Crippen LogP contribution in [0.25, 0.3) is 0 Å². The Morgan fingerprint density at radius 2 is 2.31 bits per heavy atom. The SMILES string of the molecule is CC(C)C1CN(Cc2nnn(C)n2)CCN1. The van der Waals surface area contributed by atoms with Crippen molar-refractivity contribution in [2.75, 3.05) is 19.6 Å². The van der Waals surface area contributed by atoms with Gasteiger partial charge in [-0.05, 0) is 11.1 Å². The van der Waals surface area contributed by atoms with Gasteiger partial charge >= 0.3 is 0 Å². The predicted molar refractivity (Wildman–Crippen MR) is 60.7 cm³/mol. The number of nitrogens with one attached hydrogen (secondary N) is 1. The molecule has 0 amide bonds. The molecule has 90 valence electrons. The minimum atomic E-state index is 0.574. The van der Waals surface area contributed by atoms with Crippen LogP contribution in [0.1, 0.15) is 19.7 Å². The fourth-order valence-corrected chi connectivity index (χ4v) is 2.02. The zero-order chi connectivity index (χ0) is 11.5. The van der Waals surface area contributed by atoms with E-state index >= 15 is 0 Å². The van der Waals surface area contributed by atoms with Crippen LogP contribution >= 0.6 is 0 Å². The fraction of sp³-hybridized carbons (Fsp3) is 0.900. The molecule has 1 N–H and O–H groups in total. The standard InChI is InChI=1S/C10H20N6/c1-8(2)9-6-16(5-4-11-9)7-10-12-14-15(3)13-10/h8-9,11H,4-7H2,1-3H3. The Balaban J connectivity index is 1.90. The van der Waals surface area contributed by atoms with E-state index in [1.807, 2.05) is 0 Å². The number of tetrazole rings is 1. The average molecular weight is 224 g/mol. The number of rotatable bonds is 3. The maximum Gasteiger partial charge on any atom is 0.188 e. The van der Waals surface area contributed by atoms with Gasteiger partial charge in [0.25, 0.3) is 0 Å². The van der Waals surface area contributed by atoms with E-state index in [1.165, 1.54) is 4.80 Å². The summed E-state index contributed by atoms with van der Waals surface area (Å²) in [5.41, 5.74) is 0. The van der Waals surface area contributed by atoms with Crippen molar-refractivity contribution in [3.05, 3.63) is 5.82 Å². The molecule has 0 spiro atoms. The Bertz CT molecular complexity index is 334. The van der Waals surface area contributed by atoms with Crippen LogP contribution in [0.15, 0.2) is 0 Å². The highest BCUT2D eigenvalue weighted by Crippen LogP contribution is 2.09. The van der Waals surface area contributed by atoms with E-state index in [9.17, 15) is 0 Å². The van der Waals surface area contributed by atoms with Crippen LogP contribution in [-0.4, -0.2) is 50.8 Å². The summed E-state index contributed by atoms with van der Waals surface area (Å²) in [5.74, 6) is 1.48. The number of nitrogens with zero attached hydrogens (tertiary/aromatic N) is 5. The van der Waals surface area contributed by atoms with Gasteiger partial charge in [0.15, 0.2) is 5.82 Å². The third-order valence-corrected chi connectivity index (χ3v) is 3.01. The van der Waals surface area contributed by atoms with Crippen LogP contribution < -0.4 is 5.32 Å². The highest BCUT2D eigenvalue weighted by Gasteiger charge is 2.22. The van der Waals surface area contributed by atoms with Crippen LogP contribution in [0.3, 0.4) is 0 Å². The molecule has 1 unspecified atom stereocenters. The largest absolute Gasteiger partial charge is 0.311 e. The molecule has 0 bridgehead atoms. The van der Waals surface area contributed by atoms with Crippen molar-refractivity contribution in [1.29, 1.82) is 0 Å². The van der Waals surface area contributed by atoms with Gasteiger partial charge in [-0.15, -0.1) is 10.2 Å². The summed E-state index contributed by atoms with van der Waals surface area (Å²) in [5, 5.41) is 15.6. The van der Waals surface area contributed by atoms with E-state index in [4.69, 9.17) is 0 Å². The zero-order valence-electron chi connectivity index (χ0n) is 10.2. The van der Waals surface area contributed by atoms with Gasteiger partial charge in [-0.1, -0.05) is 13.8 Å². The average Bonchev–Trinajstić information content (AvgIpc) is 2.64. The van der Waals surface area contributed by atoms with Crippen molar-refractivity contribution >= 4 is 0 Å². The number of aryl methyl sites for hydroxylation is 1. The quantitative estimate of drug-likeness (QED) is 0.760. The van der Waals surface area contributed by atoms with E-state index in [-0.39, 0.29) is 0 Å². The number of piperazine rings is 1. The van der Waals surface area contributed by atoms with Crippen LogP contribution in [-0.2, 0) is 13.6 Å². The molecule has 2 rings (SSSR count). The van der Waals surface area contributed by atoms with Gasteiger partial charge in [0.05, 0.1) is 13.6 Å². The molecule has 1 aliphatic heterocycles. The normalized spacial score (nSPS) is 22.9. The third kappa shape index (κ3) is 2.76. The lowest BCUT2D eigenvalue weighted by molar-refractivity contribution is 0.165. The lowest BCUT2D eigenvalue weighted by Crippen LogP contribution is -2.52. The number of hydrogen-bond donors (Lipinski definition) is 1. The smallest absolute Gasteiger partial charge is 0.188 e. The molecule has 0 aliphatic carbocycles. The lowest BCUT2D eigenvalue weighted by Gasteiger charge is -2.35. The van der Waals surface area contributed by atoms with Crippen molar-refractivity contribution in [2.24, 2.45) is 13.0 Å². The molecule has 6 heteroatoms. The number of hydrogen-bond acceptors (Lipinski definition) is 5. The van der Waals surface area contributed by atoms with Crippen LogP contribution in [0, 0.1) is 5.92 Å². The van der Waals surface area contributed by atoms with Crippen LogP contribution in [0.4, 0.5) is 0 Å². The molecule has 1 aromatic rings. The summed E-state index contributed by atoms with van der Waals surface area (Å²) in [7, 11) is 1.80. The van der Waals surface area contributed by atoms with E-state index in [0.29, 0.717) is 12.0 Å². The van der Waals surface area contributed by atoms with Crippen molar-refractivity contribution in [3.8, 4) is 0 Å². The first kappa shape index (κ1) is 11.5. The van der Waals surface area contributed by atoms with Gasteiger partial charge in [0, 0.05) is 25.7 Å². The predicted octanol–water partition coefficient (Wildman–Crippen LogP) is -0.360. The summed E-state index contributed by atoms with van der Waals surface area (Å²) in [6.07, 6.45) is 0. The van der Waals surface area contributed by atoms with E-state index in [2.05, 4.69) is 39.5 Å². The van der Waals surface area contributed by atoms with E-state index in [1.54, 1.807) is 7.05 Å². The molecule has 16 heavy (non-hydrogen) atoms. The molecule has 6 nitrogen and oxygen atoms in total. The van der Waals surface area contributed by atoms with Gasteiger partial charge < -0.3 is 5.32 Å². The first-order valence-corrected chi connectivity index (χ1v) is 5.84. The second-order valence-electron chi connectivity index (χ2n) is 4.73. The molecular formula is C10H20N6. The van der Waals surface area contributed by atoms with Crippen molar-refractivity contribution in [2.45, 2.75) is 26.4 Å². The minimum Gasteiger partial charge on any atom is -0.311 e. The summed E-state index contributed by atoms with van der Waals surface area (Å²) in [6, 6.07) is 0.574. The molecule has 1 saturated heterocycles. The second kappa shape index (κ2) is 4.88. The third-order valence-electron chi connectivity index (χ3n) is 3.01. The van der Waals surface area contributed by atoms with E-state index < -0.39 is 0 Å². The fourth-order valence-electron chi connectivity index (χ4n) is 2.02. The molecule has 1 fully saturated rings. The highest BCUT2D eigenvalue weighted by atomic mass is 15.6. The van der Waals surface area contributed by atoms with Crippen molar-refractivity contribution in [3.63, 3.8) is 0 Å². The van der Waals surface area contributed by atoms with Gasteiger partial charge in [-0.2, -0.15) is 4.80 Å². The van der Waals surface area contributed by atoms with E-state index in [0.717, 1.165) is 32.0 Å². The topological polar surface area (TPSA) is 58.9 Å². The molecular weight excluding hydrogens is 204 g/mol. The maximum absolute atomic E-state index is 4.21. The highest BCUT2D eigenvalue weighted by molar-refractivity contribution is 4.84. The zero-order valence-corrected chi connectivity index (χ0v) is 10.2. The molecule has 1 aliphatic rings. The molecule has 0 saturated carbocycles. The summed E-state index contributed by atoms with van der Waals surface area (Å²) >= 11 is 0. The van der Waals surface area contributed by atoms with Crippen LogP contribution in [0.5, 0.6) is 0 Å². The van der Waals surface area contributed by atoms with Gasteiger partial charge in [0.2, 0.25) is 0 Å². The van der Waals surface area contributed by atoms with Gasteiger partial charge in [0.1, 0.15) is 0 Å². The summed E-state index contributed by atoms with van der Waals surface area (Å²) in [4.78, 5) is 3.90. The summed E-state index contributed by atoms with van der Waals surface area (Å²) in [6.45, 7) is 8.47. The molecule has 0 radical (unpaired) electrons. The van der Waals surface area contributed by atoms with Gasteiger partial charge in [-0.25, -0.2) is 0 Å². The van der Waals surface area contributed by atoms with Gasteiger partial charge in [-0.3, -0.25) is 4.90 Å². The molecule has 1 aromatic heterocycles. The maximum atomic E-state index is 4.21. The Kier molecular flexibility index (Phi) is 3.50. The lowest BCUT2D eigenvalue weighted by atomic mass is 10.0. The second-order valence-corrected chi connectivity index (χ2v) is 4.73. The van der Waals surface area contributed by atoms with Crippen molar-refractivity contribution < 1.29 is 0 Å². The Morgan fingerprint density at radius 1 is 1.50 bits per heavy atom. The summed E-state index contributed by atoms with van der Waals surface area (Å²) < 4.78 is 0. The Morgan fingerprint density at radius 3 is 2.94 bits per heavy atom. The first-order chi connectivity index (χ1) is 7.65.